The lowest BCUT2D eigenvalue weighted by Gasteiger charge is -2.09. The van der Waals surface area contributed by atoms with Crippen molar-refractivity contribution in [2.45, 2.75) is 27.2 Å². The van der Waals surface area contributed by atoms with Crippen molar-refractivity contribution in [1.82, 2.24) is 0 Å². The van der Waals surface area contributed by atoms with Gasteiger partial charge in [0.1, 0.15) is 11.5 Å². The third-order valence-corrected chi connectivity index (χ3v) is 2.91. The largest absolute Gasteiger partial charge is 0.457 e. The molecule has 19 heavy (non-hydrogen) atoms. The second kappa shape index (κ2) is 5.70. The van der Waals surface area contributed by atoms with E-state index >= 15 is 0 Å². The van der Waals surface area contributed by atoms with Crippen LogP contribution in [-0.4, -0.2) is 5.78 Å². The number of hydrogen-bond acceptors (Lipinski definition) is 2. The van der Waals surface area contributed by atoms with E-state index in [1.54, 1.807) is 6.07 Å². The Morgan fingerprint density at radius 3 is 2.32 bits per heavy atom. The topological polar surface area (TPSA) is 26.3 Å². The van der Waals surface area contributed by atoms with Crippen LogP contribution in [0.2, 0.25) is 0 Å². The molecule has 2 rings (SSSR count). The monoisotopic (exact) mass is 254 g/mol. The molecule has 0 heterocycles. The lowest BCUT2D eigenvalue weighted by atomic mass is 10.1. The number of hydrogen-bond donors (Lipinski definition) is 0. The van der Waals surface area contributed by atoms with Crippen LogP contribution >= 0.6 is 0 Å². The van der Waals surface area contributed by atoms with Crippen LogP contribution in [0.1, 0.15) is 34.8 Å². The molecule has 0 bridgehead atoms. The minimum absolute atomic E-state index is 0.130. The summed E-state index contributed by atoms with van der Waals surface area (Å²) in [5.41, 5.74) is 3.02. The van der Waals surface area contributed by atoms with Crippen molar-refractivity contribution in [2.75, 3.05) is 0 Å². The molecule has 0 fully saturated rings. The Hall–Kier alpha value is -2.09. The normalized spacial score (nSPS) is 10.3. The first-order valence-electron chi connectivity index (χ1n) is 6.48. The van der Waals surface area contributed by atoms with Gasteiger partial charge >= 0.3 is 0 Å². The fraction of sp³-hybridized carbons (Fsp3) is 0.235. The number of ether oxygens (including phenoxy) is 1. The van der Waals surface area contributed by atoms with Gasteiger partial charge in [-0.2, -0.15) is 0 Å². The summed E-state index contributed by atoms with van der Waals surface area (Å²) in [6.45, 7) is 5.94. The van der Waals surface area contributed by atoms with Crippen molar-refractivity contribution >= 4 is 5.78 Å². The predicted octanol–water partition coefficient (Wildman–Crippen LogP) is 4.69. The summed E-state index contributed by atoms with van der Waals surface area (Å²) >= 11 is 0. The van der Waals surface area contributed by atoms with E-state index in [4.69, 9.17) is 4.74 Å². The van der Waals surface area contributed by atoms with E-state index in [0.29, 0.717) is 17.7 Å². The molecule has 0 spiro atoms. The van der Waals surface area contributed by atoms with Crippen LogP contribution in [-0.2, 0) is 0 Å². The molecule has 2 nitrogen and oxygen atoms in total. The van der Waals surface area contributed by atoms with E-state index in [2.05, 4.69) is 6.07 Å². The Labute approximate surface area is 114 Å². The number of ketones is 1. The molecule has 2 aromatic rings. The van der Waals surface area contributed by atoms with Crippen molar-refractivity contribution in [3.8, 4) is 11.5 Å². The highest BCUT2D eigenvalue weighted by Gasteiger charge is 2.05. The van der Waals surface area contributed by atoms with Gasteiger partial charge in [-0.1, -0.05) is 25.1 Å². The van der Waals surface area contributed by atoms with Crippen LogP contribution in [0.5, 0.6) is 11.5 Å². The maximum absolute atomic E-state index is 11.7. The molecule has 0 N–H and O–H groups in total. The molecule has 2 aromatic carbocycles. The fourth-order valence-corrected chi connectivity index (χ4v) is 2.07. The zero-order valence-corrected chi connectivity index (χ0v) is 11.6. The molecule has 0 aliphatic heterocycles. The minimum atomic E-state index is 0.130. The molecular formula is C17H18O2. The summed E-state index contributed by atoms with van der Waals surface area (Å²) in [6.07, 6.45) is 0.507. The van der Waals surface area contributed by atoms with Gasteiger partial charge in [-0.05, 0) is 49.2 Å². The second-order valence-corrected chi connectivity index (χ2v) is 4.73. The van der Waals surface area contributed by atoms with E-state index < -0.39 is 0 Å². The average Bonchev–Trinajstić information content (AvgIpc) is 2.37. The van der Waals surface area contributed by atoms with Crippen molar-refractivity contribution in [3.05, 3.63) is 59.2 Å². The lowest BCUT2D eigenvalue weighted by molar-refractivity contribution is 0.0988. The zero-order valence-electron chi connectivity index (χ0n) is 11.6. The minimum Gasteiger partial charge on any atom is -0.457 e. The van der Waals surface area contributed by atoms with Crippen LogP contribution in [0.3, 0.4) is 0 Å². The molecule has 0 aliphatic carbocycles. The Kier molecular flexibility index (Phi) is 4.00. The summed E-state index contributed by atoms with van der Waals surface area (Å²) in [5, 5.41) is 0. The fourth-order valence-electron chi connectivity index (χ4n) is 2.07. The third-order valence-electron chi connectivity index (χ3n) is 2.91. The third kappa shape index (κ3) is 3.44. The first-order valence-corrected chi connectivity index (χ1v) is 6.48. The molecule has 0 aromatic heterocycles. The van der Waals surface area contributed by atoms with E-state index in [1.807, 2.05) is 51.1 Å². The van der Waals surface area contributed by atoms with Gasteiger partial charge in [0.15, 0.2) is 5.78 Å². The molecule has 0 saturated heterocycles. The number of rotatable bonds is 4. The van der Waals surface area contributed by atoms with Crippen LogP contribution in [0.4, 0.5) is 0 Å². The Balaban J connectivity index is 2.25. The van der Waals surface area contributed by atoms with Crippen molar-refractivity contribution in [3.63, 3.8) is 0 Å². The maximum Gasteiger partial charge on any atom is 0.162 e. The van der Waals surface area contributed by atoms with E-state index in [0.717, 1.165) is 16.9 Å². The maximum atomic E-state index is 11.7. The Bertz CT molecular complexity index is 580. The number of carbonyl (C=O) groups is 1. The molecule has 0 amide bonds. The molecule has 2 heteroatoms. The molecule has 0 aliphatic rings. The lowest BCUT2D eigenvalue weighted by Crippen LogP contribution is -1.96. The van der Waals surface area contributed by atoms with E-state index in [1.165, 1.54) is 0 Å². The highest BCUT2D eigenvalue weighted by atomic mass is 16.5. The smallest absolute Gasteiger partial charge is 0.162 e. The van der Waals surface area contributed by atoms with Gasteiger partial charge in [0.25, 0.3) is 0 Å². The van der Waals surface area contributed by atoms with Crippen molar-refractivity contribution in [1.29, 1.82) is 0 Å². The van der Waals surface area contributed by atoms with Gasteiger partial charge in [-0.25, -0.2) is 0 Å². The van der Waals surface area contributed by atoms with Crippen molar-refractivity contribution in [2.24, 2.45) is 0 Å². The number of benzene rings is 2. The molecule has 0 saturated carbocycles. The van der Waals surface area contributed by atoms with Crippen LogP contribution in [0, 0.1) is 13.8 Å². The SMILES string of the molecule is CCC(=O)c1cccc(Oc2cc(C)cc(C)c2)c1. The van der Waals surface area contributed by atoms with E-state index in [9.17, 15) is 4.79 Å². The predicted molar refractivity (Wildman–Crippen MR) is 77.1 cm³/mol. The first-order chi connectivity index (χ1) is 9.08. The number of aryl methyl sites for hydroxylation is 2. The highest BCUT2D eigenvalue weighted by molar-refractivity contribution is 5.96. The summed E-state index contributed by atoms with van der Waals surface area (Å²) in [4.78, 5) is 11.7. The molecule has 98 valence electrons. The summed E-state index contributed by atoms with van der Waals surface area (Å²) in [5.74, 6) is 1.63. The van der Waals surface area contributed by atoms with Crippen molar-refractivity contribution < 1.29 is 9.53 Å². The molecule has 0 unspecified atom stereocenters. The van der Waals surface area contributed by atoms with Gasteiger partial charge in [0.05, 0.1) is 0 Å². The standard InChI is InChI=1S/C17H18O2/c1-4-17(18)14-6-5-7-15(11-14)19-16-9-12(2)8-13(3)10-16/h5-11H,4H2,1-3H3. The molecule has 0 radical (unpaired) electrons. The molecular weight excluding hydrogens is 236 g/mol. The Morgan fingerprint density at radius 2 is 1.68 bits per heavy atom. The summed E-state index contributed by atoms with van der Waals surface area (Å²) in [7, 11) is 0. The zero-order chi connectivity index (χ0) is 13.8. The first kappa shape index (κ1) is 13.3. The highest BCUT2D eigenvalue weighted by Crippen LogP contribution is 2.24. The number of Topliss-reactive ketones (excluding diaryl/α,β-unsaturated/α-hetero) is 1. The Morgan fingerprint density at radius 1 is 1.00 bits per heavy atom. The van der Waals surface area contributed by atoms with Crippen LogP contribution < -0.4 is 4.74 Å². The number of carbonyl (C=O) groups excluding carboxylic acids is 1. The quantitative estimate of drug-likeness (QED) is 0.740. The second-order valence-electron chi connectivity index (χ2n) is 4.73. The van der Waals surface area contributed by atoms with Gasteiger partial charge in [-0.3, -0.25) is 4.79 Å². The van der Waals surface area contributed by atoms with E-state index in [-0.39, 0.29) is 5.78 Å². The molecule has 0 atom stereocenters. The van der Waals surface area contributed by atoms with Gasteiger partial charge in [0, 0.05) is 12.0 Å². The summed E-state index contributed by atoms with van der Waals surface area (Å²) < 4.78 is 5.82. The van der Waals surface area contributed by atoms with Crippen LogP contribution in [0.15, 0.2) is 42.5 Å². The average molecular weight is 254 g/mol. The van der Waals surface area contributed by atoms with Gasteiger partial charge < -0.3 is 4.74 Å². The van der Waals surface area contributed by atoms with Gasteiger partial charge in [-0.15, -0.1) is 0 Å². The van der Waals surface area contributed by atoms with Crippen LogP contribution in [0.25, 0.3) is 0 Å². The summed E-state index contributed by atoms with van der Waals surface area (Å²) in [6, 6.07) is 13.4. The van der Waals surface area contributed by atoms with Gasteiger partial charge in [0.2, 0.25) is 0 Å².